The number of hydrogen-bond donors (Lipinski definition) is 0. The van der Waals surface area contributed by atoms with E-state index in [1.807, 2.05) is 67.6 Å². The van der Waals surface area contributed by atoms with Crippen LogP contribution in [-0.4, -0.2) is 23.8 Å². The number of carbonyl (C=O) groups excluding carboxylic acids is 1. The van der Waals surface area contributed by atoms with Crippen LogP contribution in [0.5, 0.6) is 11.5 Å². The summed E-state index contributed by atoms with van der Waals surface area (Å²) >= 11 is 7.50. The van der Waals surface area contributed by atoms with E-state index in [0.717, 1.165) is 5.56 Å². The van der Waals surface area contributed by atoms with E-state index < -0.39 is 17.8 Å². The normalized spacial score (nSPS) is 14.4. The van der Waals surface area contributed by atoms with Crippen LogP contribution < -0.4 is 24.4 Å². The molecule has 0 unspecified atom stereocenters. The Morgan fingerprint density at radius 2 is 1.68 bits per heavy atom. The lowest BCUT2D eigenvalue weighted by Gasteiger charge is -2.25. The fourth-order valence-electron chi connectivity index (χ4n) is 5.33. The van der Waals surface area contributed by atoms with Gasteiger partial charge in [0.15, 0.2) is 16.3 Å². The van der Waals surface area contributed by atoms with Gasteiger partial charge in [0, 0.05) is 16.1 Å². The van der Waals surface area contributed by atoms with Gasteiger partial charge in [0.25, 0.3) is 5.56 Å². The summed E-state index contributed by atoms with van der Waals surface area (Å²) in [5, 5.41) is 0.609. The average molecular weight is 669 g/mol. The number of thiazole rings is 1. The number of esters is 1. The number of aromatic nitrogens is 1. The standard InChI is InChI=1S/C37H30ClFN2O5S/c1-3-44-30-20-23(14-19-29(30)46-22-26-12-8-9-13-28(26)38)21-31-35(42)41-34(25-15-17-27(39)18-16-25)32(36(43)45-4-2)33(40-37(41)47-31)24-10-6-5-7-11-24/h5-21,34H,3-4,22H2,1-2H3/b31-21-/t34-/m1/s1. The van der Waals surface area contributed by atoms with Crippen LogP contribution in [0.4, 0.5) is 4.39 Å². The summed E-state index contributed by atoms with van der Waals surface area (Å²) in [6.07, 6.45) is 1.75. The van der Waals surface area contributed by atoms with E-state index in [1.165, 1.54) is 28.0 Å². The second-order valence-electron chi connectivity index (χ2n) is 10.5. The molecule has 0 amide bonds. The van der Waals surface area contributed by atoms with Crippen LogP contribution in [0.2, 0.25) is 5.02 Å². The minimum absolute atomic E-state index is 0.130. The van der Waals surface area contributed by atoms with Gasteiger partial charge in [0.05, 0.1) is 35.1 Å². The number of carbonyl (C=O) groups is 1. The molecule has 1 aliphatic heterocycles. The maximum Gasteiger partial charge on any atom is 0.338 e. The summed E-state index contributed by atoms with van der Waals surface area (Å²) in [4.78, 5) is 33.0. The molecule has 10 heteroatoms. The van der Waals surface area contributed by atoms with Crippen molar-refractivity contribution in [1.82, 2.24) is 4.57 Å². The SMILES string of the molecule is CCOC(=O)C1=C(c2ccccc2)N=c2s/c(=C\c3ccc(OCc4ccccc4Cl)c(OCC)c3)c(=O)n2[C@@H]1c1ccc(F)cc1. The van der Waals surface area contributed by atoms with Crippen molar-refractivity contribution < 1.29 is 23.4 Å². The summed E-state index contributed by atoms with van der Waals surface area (Å²) in [7, 11) is 0. The highest BCUT2D eigenvalue weighted by atomic mass is 35.5. The number of benzene rings is 4. The zero-order valence-electron chi connectivity index (χ0n) is 25.6. The van der Waals surface area contributed by atoms with E-state index in [-0.39, 0.29) is 24.3 Å². The molecule has 0 radical (unpaired) electrons. The Kier molecular flexibility index (Phi) is 9.65. The van der Waals surface area contributed by atoms with Gasteiger partial charge >= 0.3 is 5.97 Å². The lowest BCUT2D eigenvalue weighted by Crippen LogP contribution is -2.40. The summed E-state index contributed by atoms with van der Waals surface area (Å²) in [5.41, 5.74) is 3.02. The Labute approximate surface area is 279 Å². The minimum atomic E-state index is -0.900. The van der Waals surface area contributed by atoms with Crippen molar-refractivity contribution in [1.29, 1.82) is 0 Å². The molecule has 7 nitrogen and oxygen atoms in total. The molecule has 0 saturated carbocycles. The number of nitrogens with zero attached hydrogens (tertiary/aromatic N) is 2. The smallest absolute Gasteiger partial charge is 0.338 e. The van der Waals surface area contributed by atoms with Crippen molar-refractivity contribution in [3.63, 3.8) is 0 Å². The summed E-state index contributed by atoms with van der Waals surface area (Å²) in [6.45, 7) is 4.39. The second kappa shape index (κ2) is 14.2. The Hall–Kier alpha value is -4.99. The molecular weight excluding hydrogens is 639 g/mol. The maximum atomic E-state index is 14.2. The van der Waals surface area contributed by atoms with Gasteiger partial charge in [0.2, 0.25) is 0 Å². The first kappa shape index (κ1) is 32.0. The third-order valence-corrected chi connectivity index (χ3v) is 8.82. The van der Waals surface area contributed by atoms with E-state index in [4.69, 9.17) is 30.8 Å². The topological polar surface area (TPSA) is 79.1 Å². The van der Waals surface area contributed by atoms with Crippen molar-refractivity contribution in [3.05, 3.63) is 155 Å². The monoisotopic (exact) mass is 668 g/mol. The highest BCUT2D eigenvalue weighted by Gasteiger charge is 2.35. The highest BCUT2D eigenvalue weighted by Crippen LogP contribution is 2.35. The predicted molar refractivity (Wildman–Crippen MR) is 181 cm³/mol. The van der Waals surface area contributed by atoms with Crippen molar-refractivity contribution >= 4 is 40.7 Å². The van der Waals surface area contributed by atoms with E-state index in [2.05, 4.69) is 0 Å². The maximum absolute atomic E-state index is 14.2. The van der Waals surface area contributed by atoms with Crippen molar-refractivity contribution in [2.24, 2.45) is 4.99 Å². The van der Waals surface area contributed by atoms with Crippen molar-refractivity contribution in [2.45, 2.75) is 26.5 Å². The van der Waals surface area contributed by atoms with Gasteiger partial charge in [-0.1, -0.05) is 89.7 Å². The fraction of sp³-hybridized carbons (Fsp3) is 0.162. The molecule has 0 aliphatic carbocycles. The zero-order chi connectivity index (χ0) is 32.9. The molecule has 5 aromatic rings. The van der Waals surface area contributed by atoms with Gasteiger partial charge in [-0.2, -0.15) is 0 Å². The van der Waals surface area contributed by atoms with Crippen LogP contribution in [0.15, 0.2) is 112 Å². The Morgan fingerprint density at radius 1 is 0.936 bits per heavy atom. The lowest BCUT2D eigenvalue weighted by atomic mass is 9.93. The molecule has 47 heavy (non-hydrogen) atoms. The number of ether oxygens (including phenoxy) is 3. The van der Waals surface area contributed by atoms with Crippen LogP contribution in [0.25, 0.3) is 11.8 Å². The zero-order valence-corrected chi connectivity index (χ0v) is 27.2. The lowest BCUT2D eigenvalue weighted by molar-refractivity contribution is -0.138. The molecule has 0 spiro atoms. The Bertz CT molecular complexity index is 2140. The third kappa shape index (κ3) is 6.77. The highest BCUT2D eigenvalue weighted by molar-refractivity contribution is 7.07. The van der Waals surface area contributed by atoms with Gasteiger partial charge in [-0.15, -0.1) is 0 Å². The molecule has 4 aromatic carbocycles. The van der Waals surface area contributed by atoms with E-state index in [0.29, 0.717) is 54.8 Å². The van der Waals surface area contributed by atoms with Gasteiger partial charge in [-0.3, -0.25) is 9.36 Å². The van der Waals surface area contributed by atoms with Gasteiger partial charge in [-0.05, 0) is 61.4 Å². The number of hydrogen-bond acceptors (Lipinski definition) is 7. The van der Waals surface area contributed by atoms with Gasteiger partial charge in [-0.25, -0.2) is 14.2 Å². The van der Waals surface area contributed by atoms with E-state index in [1.54, 1.807) is 37.3 Å². The van der Waals surface area contributed by atoms with Crippen LogP contribution in [0.3, 0.4) is 0 Å². The first-order chi connectivity index (χ1) is 22.9. The fourth-order valence-corrected chi connectivity index (χ4v) is 6.52. The molecule has 1 aromatic heterocycles. The quantitative estimate of drug-likeness (QED) is 0.155. The van der Waals surface area contributed by atoms with Gasteiger partial charge in [0.1, 0.15) is 12.4 Å². The Morgan fingerprint density at radius 3 is 2.40 bits per heavy atom. The minimum Gasteiger partial charge on any atom is -0.490 e. The molecule has 1 atom stereocenters. The van der Waals surface area contributed by atoms with Crippen LogP contribution in [-0.2, 0) is 16.1 Å². The summed E-state index contributed by atoms with van der Waals surface area (Å²) in [5.74, 6) is 0.0115. The first-order valence-corrected chi connectivity index (χ1v) is 16.2. The summed E-state index contributed by atoms with van der Waals surface area (Å²) in [6, 6.07) is 27.0. The van der Waals surface area contributed by atoms with Crippen LogP contribution in [0, 0.1) is 5.82 Å². The Balaban J connectivity index is 1.48. The van der Waals surface area contributed by atoms with E-state index >= 15 is 0 Å². The largest absolute Gasteiger partial charge is 0.490 e. The molecular formula is C37H30ClFN2O5S. The number of halogens is 2. The molecule has 238 valence electrons. The van der Waals surface area contributed by atoms with Crippen LogP contribution >= 0.6 is 22.9 Å². The average Bonchev–Trinajstić information content (AvgIpc) is 3.39. The van der Waals surface area contributed by atoms with Crippen LogP contribution in [0.1, 0.15) is 42.1 Å². The third-order valence-electron chi connectivity index (χ3n) is 7.47. The predicted octanol–water partition coefficient (Wildman–Crippen LogP) is 6.71. The van der Waals surface area contributed by atoms with Crippen molar-refractivity contribution in [2.75, 3.05) is 13.2 Å². The molecule has 2 heterocycles. The molecule has 0 bridgehead atoms. The molecule has 0 fully saturated rings. The van der Waals surface area contributed by atoms with E-state index in [9.17, 15) is 14.0 Å². The molecule has 1 aliphatic rings. The van der Waals surface area contributed by atoms with Crippen molar-refractivity contribution in [3.8, 4) is 11.5 Å². The molecule has 0 N–H and O–H groups in total. The molecule has 6 rings (SSSR count). The second-order valence-corrected chi connectivity index (χ2v) is 11.9. The number of rotatable bonds is 10. The molecule has 0 saturated heterocycles. The number of fused-ring (bicyclic) bond motifs is 1. The first-order valence-electron chi connectivity index (χ1n) is 15.0. The summed E-state index contributed by atoms with van der Waals surface area (Å²) < 4.78 is 33.3. The van der Waals surface area contributed by atoms with Gasteiger partial charge < -0.3 is 14.2 Å².